The highest BCUT2D eigenvalue weighted by Crippen LogP contribution is 2.33. The maximum absolute atomic E-state index is 13.2. The van der Waals surface area contributed by atoms with Crippen molar-refractivity contribution in [3.05, 3.63) is 70.5 Å². The third-order valence-electron chi connectivity index (χ3n) is 5.11. The number of hydrogen-bond donors (Lipinski definition) is 1. The number of carbonyl (C=O) groups is 1. The molecule has 9 heteroatoms. The summed E-state index contributed by atoms with van der Waals surface area (Å²) in [6.45, 7) is 11.7. The third-order valence-corrected chi connectivity index (χ3v) is 6.38. The average molecular weight is 484 g/mol. The van der Waals surface area contributed by atoms with Gasteiger partial charge in [0, 0.05) is 17.3 Å². The minimum Gasteiger partial charge on any atom is -0.494 e. The van der Waals surface area contributed by atoms with Crippen molar-refractivity contribution in [3.8, 4) is 17.4 Å². The zero-order valence-corrected chi connectivity index (χ0v) is 21.2. The van der Waals surface area contributed by atoms with Gasteiger partial charge in [-0.05, 0) is 56.2 Å². The summed E-state index contributed by atoms with van der Waals surface area (Å²) < 4.78 is 39.1. The van der Waals surface area contributed by atoms with E-state index < -0.39 is 21.0 Å². The van der Waals surface area contributed by atoms with Gasteiger partial charge >= 0.3 is 0 Å². The van der Waals surface area contributed by atoms with E-state index >= 15 is 0 Å². The number of hydrogen-bond acceptors (Lipinski definition) is 7. The summed E-state index contributed by atoms with van der Waals surface area (Å²) in [6, 6.07) is 10.1. The second-order valence-electron chi connectivity index (χ2n) is 9.07. The summed E-state index contributed by atoms with van der Waals surface area (Å²) in [5.74, 6) is -0.292. The highest BCUT2D eigenvalue weighted by atomic mass is 32.2. The van der Waals surface area contributed by atoms with Gasteiger partial charge in [-0.3, -0.25) is 4.79 Å². The predicted octanol–water partition coefficient (Wildman–Crippen LogP) is 4.62. The Hall–Kier alpha value is -3.46. The molecule has 0 bridgehead atoms. The topological polar surface area (TPSA) is 107 Å². The first-order valence-electron chi connectivity index (χ1n) is 10.7. The fraction of sp³-hybridized carbons (Fsp3) is 0.320. The molecular weight excluding hydrogens is 454 g/mol. The molecule has 0 saturated carbocycles. The summed E-state index contributed by atoms with van der Waals surface area (Å²) in [5, 5.41) is -0.391. The minimum absolute atomic E-state index is 0.0168. The quantitative estimate of drug-likeness (QED) is 0.545. The minimum atomic E-state index is -4.32. The van der Waals surface area contributed by atoms with Crippen LogP contribution in [0.15, 0.2) is 47.6 Å². The molecule has 1 amide bonds. The Kier molecular flexibility index (Phi) is 6.97. The van der Waals surface area contributed by atoms with Gasteiger partial charge in [0.25, 0.3) is 15.9 Å². The lowest BCUT2D eigenvalue weighted by Gasteiger charge is -2.21. The molecule has 2 aromatic heterocycles. The number of nitrogens with one attached hydrogen (secondary N) is 1. The fourth-order valence-corrected chi connectivity index (χ4v) is 4.56. The van der Waals surface area contributed by atoms with Gasteiger partial charge in [-0.25, -0.2) is 14.7 Å². The first-order chi connectivity index (χ1) is 15.8. The smallest absolute Gasteiger partial charge is 0.285 e. The van der Waals surface area contributed by atoms with Crippen LogP contribution in [0.5, 0.6) is 17.4 Å². The Balaban J connectivity index is 2.06. The van der Waals surface area contributed by atoms with Crippen LogP contribution in [0.2, 0.25) is 0 Å². The van der Waals surface area contributed by atoms with E-state index in [4.69, 9.17) is 9.47 Å². The number of carbonyl (C=O) groups excluding carboxylic acids is 1. The van der Waals surface area contributed by atoms with Crippen molar-refractivity contribution >= 4 is 15.9 Å². The zero-order valence-electron chi connectivity index (χ0n) is 20.4. The summed E-state index contributed by atoms with van der Waals surface area (Å²) in [7, 11) is -2.99. The summed E-state index contributed by atoms with van der Waals surface area (Å²) >= 11 is 0. The molecule has 0 atom stereocenters. The zero-order chi connectivity index (χ0) is 25.3. The van der Waals surface area contributed by atoms with E-state index in [2.05, 4.69) is 14.7 Å². The van der Waals surface area contributed by atoms with Crippen LogP contribution in [0.4, 0.5) is 0 Å². The molecule has 0 spiro atoms. The molecule has 1 N–H and O–H groups in total. The summed E-state index contributed by atoms with van der Waals surface area (Å²) in [4.78, 5) is 21.6. The highest BCUT2D eigenvalue weighted by Gasteiger charge is 2.28. The second kappa shape index (κ2) is 9.42. The Bertz CT molecular complexity index is 1320. The van der Waals surface area contributed by atoms with Crippen molar-refractivity contribution in [1.82, 2.24) is 14.7 Å². The Morgan fingerprint density at radius 2 is 1.68 bits per heavy atom. The Morgan fingerprint density at radius 3 is 2.26 bits per heavy atom. The molecule has 2 heterocycles. The highest BCUT2D eigenvalue weighted by molar-refractivity contribution is 7.90. The molecule has 0 unspecified atom stereocenters. The molecular formula is C25H29N3O5S. The van der Waals surface area contributed by atoms with Crippen molar-refractivity contribution in [1.29, 1.82) is 0 Å². The van der Waals surface area contributed by atoms with Gasteiger partial charge in [0.2, 0.25) is 10.9 Å². The maximum Gasteiger partial charge on any atom is 0.285 e. The molecule has 1 aromatic carbocycles. The van der Waals surface area contributed by atoms with Gasteiger partial charge in [-0.2, -0.15) is 8.42 Å². The SMILES string of the molecule is COc1cccnc1S(=O)(=O)NC(=O)c1ccc(C(C)(C)C)nc1Oc1c(C)cc(C)cc1C. The Morgan fingerprint density at radius 1 is 1.03 bits per heavy atom. The number of rotatable bonds is 6. The van der Waals surface area contributed by atoms with Crippen molar-refractivity contribution in [2.75, 3.05) is 7.11 Å². The number of amides is 1. The van der Waals surface area contributed by atoms with Crippen LogP contribution in [0.25, 0.3) is 0 Å². The summed E-state index contributed by atoms with van der Waals surface area (Å²) in [6.07, 6.45) is 1.30. The number of nitrogens with zero attached hydrogens (tertiary/aromatic N) is 2. The van der Waals surface area contributed by atoms with Crippen LogP contribution in [0.1, 0.15) is 53.5 Å². The van der Waals surface area contributed by atoms with Gasteiger partial charge in [0.15, 0.2) is 5.75 Å². The van der Waals surface area contributed by atoms with E-state index in [1.165, 1.54) is 31.5 Å². The van der Waals surface area contributed by atoms with Gasteiger partial charge in [-0.1, -0.05) is 38.5 Å². The van der Waals surface area contributed by atoms with E-state index in [-0.39, 0.29) is 22.6 Å². The van der Waals surface area contributed by atoms with Crippen LogP contribution in [-0.2, 0) is 15.4 Å². The van der Waals surface area contributed by atoms with E-state index in [1.807, 2.05) is 53.7 Å². The summed E-state index contributed by atoms with van der Waals surface area (Å²) in [5.41, 5.74) is 3.17. The van der Waals surface area contributed by atoms with Crippen LogP contribution >= 0.6 is 0 Å². The number of sulfonamides is 1. The molecule has 34 heavy (non-hydrogen) atoms. The van der Waals surface area contributed by atoms with Crippen LogP contribution in [0, 0.1) is 20.8 Å². The molecule has 8 nitrogen and oxygen atoms in total. The number of benzene rings is 1. The van der Waals surface area contributed by atoms with E-state index in [1.54, 1.807) is 6.07 Å². The van der Waals surface area contributed by atoms with Gasteiger partial charge in [0.1, 0.15) is 11.3 Å². The van der Waals surface area contributed by atoms with Crippen molar-refractivity contribution < 1.29 is 22.7 Å². The van der Waals surface area contributed by atoms with Gasteiger partial charge in [0.05, 0.1) is 7.11 Å². The number of aryl methyl sites for hydroxylation is 3. The van der Waals surface area contributed by atoms with Crippen LogP contribution in [-0.4, -0.2) is 31.4 Å². The van der Waals surface area contributed by atoms with Crippen molar-refractivity contribution in [3.63, 3.8) is 0 Å². The monoisotopic (exact) mass is 483 g/mol. The molecule has 0 fully saturated rings. The standard InChI is InChI=1S/C25H29N3O5S/c1-15-13-16(2)21(17(3)14-15)33-23-18(10-11-20(27-23)25(4,5)6)22(29)28-34(30,31)24-19(32-7)9-8-12-26-24/h8-14H,1-7H3,(H,28,29). The lowest BCUT2D eigenvalue weighted by atomic mass is 9.91. The molecule has 0 aliphatic heterocycles. The van der Waals surface area contributed by atoms with E-state index in [0.29, 0.717) is 11.4 Å². The average Bonchev–Trinajstić information content (AvgIpc) is 2.75. The maximum atomic E-state index is 13.2. The van der Waals surface area contributed by atoms with E-state index in [0.717, 1.165) is 16.7 Å². The Labute approximate surface area is 200 Å². The number of aromatic nitrogens is 2. The third kappa shape index (κ3) is 5.36. The normalized spacial score (nSPS) is 11.7. The molecule has 0 radical (unpaired) electrons. The molecule has 3 rings (SSSR count). The van der Waals surface area contributed by atoms with Crippen molar-refractivity contribution in [2.45, 2.75) is 52.0 Å². The lowest BCUT2D eigenvalue weighted by molar-refractivity contribution is 0.0978. The first kappa shape index (κ1) is 25.2. The van der Waals surface area contributed by atoms with Gasteiger partial charge in [-0.15, -0.1) is 0 Å². The fourth-order valence-electron chi connectivity index (χ4n) is 3.49. The van der Waals surface area contributed by atoms with E-state index in [9.17, 15) is 13.2 Å². The largest absolute Gasteiger partial charge is 0.494 e. The molecule has 180 valence electrons. The molecule has 0 aliphatic carbocycles. The van der Waals surface area contributed by atoms with Crippen LogP contribution < -0.4 is 14.2 Å². The van der Waals surface area contributed by atoms with Gasteiger partial charge < -0.3 is 9.47 Å². The second-order valence-corrected chi connectivity index (χ2v) is 10.7. The number of methoxy groups -OCH3 is 1. The predicted molar refractivity (Wildman–Crippen MR) is 129 cm³/mol. The molecule has 0 aliphatic rings. The van der Waals surface area contributed by atoms with Crippen LogP contribution in [0.3, 0.4) is 0 Å². The first-order valence-corrected chi connectivity index (χ1v) is 12.1. The number of ether oxygens (including phenoxy) is 2. The van der Waals surface area contributed by atoms with Crippen molar-refractivity contribution in [2.24, 2.45) is 0 Å². The molecule has 3 aromatic rings. The molecule has 0 saturated heterocycles. The number of pyridine rings is 2. The lowest BCUT2D eigenvalue weighted by Crippen LogP contribution is -2.32.